The Morgan fingerprint density at radius 3 is 2.48 bits per heavy atom. The molecular weight excluding hydrogens is 412 g/mol. The summed E-state index contributed by atoms with van der Waals surface area (Å²) in [6.45, 7) is 3.19. The molecule has 0 unspecified atom stereocenters. The van der Waals surface area contributed by atoms with Crippen LogP contribution in [0.5, 0.6) is 11.5 Å². The SMILES string of the molecule is CCCCOc1ccccc1C=NNC(=O)c1ccc(OCc2ccc(Cl)cc2)cc1. The van der Waals surface area contributed by atoms with Gasteiger partial charge in [-0.25, -0.2) is 5.43 Å². The Kier molecular flexibility index (Phi) is 8.49. The number of para-hydroxylation sites is 1. The maximum Gasteiger partial charge on any atom is 0.271 e. The van der Waals surface area contributed by atoms with Crippen LogP contribution >= 0.6 is 11.6 Å². The number of amides is 1. The number of carbonyl (C=O) groups excluding carboxylic acids is 1. The first kappa shape index (κ1) is 22.4. The highest BCUT2D eigenvalue weighted by Gasteiger charge is 2.05. The van der Waals surface area contributed by atoms with Gasteiger partial charge in [-0.2, -0.15) is 5.10 Å². The first-order valence-electron chi connectivity index (χ1n) is 10.2. The highest BCUT2D eigenvalue weighted by Crippen LogP contribution is 2.17. The van der Waals surface area contributed by atoms with Gasteiger partial charge in [-0.15, -0.1) is 0 Å². The monoisotopic (exact) mass is 436 g/mol. The molecule has 0 aromatic heterocycles. The van der Waals surface area contributed by atoms with E-state index in [0.29, 0.717) is 29.5 Å². The molecule has 0 saturated carbocycles. The van der Waals surface area contributed by atoms with Crippen molar-refractivity contribution in [2.75, 3.05) is 6.61 Å². The van der Waals surface area contributed by atoms with Crippen molar-refractivity contribution in [2.24, 2.45) is 5.10 Å². The molecule has 0 aliphatic heterocycles. The van der Waals surface area contributed by atoms with E-state index in [2.05, 4.69) is 17.5 Å². The number of carbonyl (C=O) groups is 1. The second kappa shape index (κ2) is 11.8. The summed E-state index contributed by atoms with van der Waals surface area (Å²) < 4.78 is 11.5. The van der Waals surface area contributed by atoms with Gasteiger partial charge in [-0.1, -0.05) is 49.2 Å². The van der Waals surface area contributed by atoms with Crippen LogP contribution in [0.25, 0.3) is 0 Å². The first-order chi connectivity index (χ1) is 15.2. The molecular formula is C25H25ClN2O3. The van der Waals surface area contributed by atoms with Crippen LogP contribution in [0, 0.1) is 0 Å². The van der Waals surface area contributed by atoms with Gasteiger partial charge in [-0.3, -0.25) is 4.79 Å². The third-order valence-corrected chi connectivity index (χ3v) is 4.73. The molecule has 0 aliphatic rings. The number of unbranched alkanes of at least 4 members (excludes halogenated alkanes) is 1. The van der Waals surface area contributed by atoms with Crippen molar-refractivity contribution in [2.45, 2.75) is 26.4 Å². The van der Waals surface area contributed by atoms with Crippen molar-refractivity contribution in [3.8, 4) is 11.5 Å². The van der Waals surface area contributed by atoms with Gasteiger partial charge >= 0.3 is 0 Å². The molecule has 0 atom stereocenters. The average Bonchev–Trinajstić information content (AvgIpc) is 2.80. The molecule has 1 amide bonds. The summed E-state index contributed by atoms with van der Waals surface area (Å²) in [5, 5.41) is 4.75. The van der Waals surface area contributed by atoms with E-state index in [1.54, 1.807) is 30.5 Å². The summed E-state index contributed by atoms with van der Waals surface area (Å²) in [5.74, 6) is 1.12. The number of hydrogen-bond donors (Lipinski definition) is 1. The highest BCUT2D eigenvalue weighted by molar-refractivity contribution is 6.30. The zero-order valence-corrected chi connectivity index (χ0v) is 18.1. The van der Waals surface area contributed by atoms with Gasteiger partial charge in [0, 0.05) is 16.1 Å². The number of ether oxygens (including phenoxy) is 2. The number of nitrogens with one attached hydrogen (secondary N) is 1. The van der Waals surface area contributed by atoms with E-state index < -0.39 is 0 Å². The summed E-state index contributed by atoms with van der Waals surface area (Å²) in [6.07, 6.45) is 3.64. The van der Waals surface area contributed by atoms with E-state index in [4.69, 9.17) is 21.1 Å². The smallest absolute Gasteiger partial charge is 0.271 e. The second-order valence-electron chi connectivity index (χ2n) is 6.88. The molecule has 0 fully saturated rings. The van der Waals surface area contributed by atoms with Crippen molar-refractivity contribution in [3.63, 3.8) is 0 Å². The quantitative estimate of drug-likeness (QED) is 0.246. The van der Waals surface area contributed by atoms with Gasteiger partial charge in [0.15, 0.2) is 0 Å². The number of hydrogen-bond acceptors (Lipinski definition) is 4. The molecule has 1 N–H and O–H groups in total. The van der Waals surface area contributed by atoms with Crippen LogP contribution in [0.4, 0.5) is 0 Å². The molecule has 0 spiro atoms. The third-order valence-electron chi connectivity index (χ3n) is 4.48. The molecule has 6 heteroatoms. The maximum atomic E-state index is 12.3. The molecule has 0 aliphatic carbocycles. The molecule has 31 heavy (non-hydrogen) atoms. The van der Waals surface area contributed by atoms with Gasteiger partial charge in [0.05, 0.1) is 12.8 Å². The van der Waals surface area contributed by atoms with Gasteiger partial charge < -0.3 is 9.47 Å². The average molecular weight is 437 g/mol. The van der Waals surface area contributed by atoms with E-state index >= 15 is 0 Å². The molecule has 3 aromatic rings. The van der Waals surface area contributed by atoms with E-state index in [1.807, 2.05) is 48.5 Å². The van der Waals surface area contributed by atoms with Gasteiger partial charge in [0.25, 0.3) is 5.91 Å². The fraction of sp³-hybridized carbons (Fsp3) is 0.200. The van der Waals surface area contributed by atoms with E-state index in [9.17, 15) is 4.79 Å². The Balaban J connectivity index is 1.52. The Hall–Kier alpha value is -3.31. The minimum absolute atomic E-state index is 0.301. The lowest BCUT2D eigenvalue weighted by Crippen LogP contribution is -2.17. The predicted molar refractivity (Wildman–Crippen MR) is 124 cm³/mol. The minimum atomic E-state index is -0.301. The number of benzene rings is 3. The summed E-state index contributed by atoms with van der Waals surface area (Å²) in [4.78, 5) is 12.3. The summed E-state index contributed by atoms with van der Waals surface area (Å²) >= 11 is 5.89. The van der Waals surface area contributed by atoms with Gasteiger partial charge in [0.2, 0.25) is 0 Å². The van der Waals surface area contributed by atoms with Crippen LogP contribution in [-0.2, 0) is 6.61 Å². The Bertz CT molecular complexity index is 1000. The van der Waals surface area contributed by atoms with Gasteiger partial charge in [0.1, 0.15) is 18.1 Å². The number of hydrazone groups is 1. The van der Waals surface area contributed by atoms with Crippen molar-refractivity contribution in [3.05, 3.63) is 94.5 Å². The molecule has 160 valence electrons. The van der Waals surface area contributed by atoms with E-state index in [-0.39, 0.29) is 5.91 Å². The molecule has 0 heterocycles. The normalized spacial score (nSPS) is 10.8. The van der Waals surface area contributed by atoms with E-state index in [1.165, 1.54) is 0 Å². The van der Waals surface area contributed by atoms with Crippen molar-refractivity contribution in [1.29, 1.82) is 0 Å². The van der Waals surface area contributed by atoms with Crippen molar-refractivity contribution in [1.82, 2.24) is 5.43 Å². The fourth-order valence-corrected chi connectivity index (χ4v) is 2.85. The predicted octanol–water partition coefficient (Wildman–Crippen LogP) is 5.86. The standard InChI is InChI=1S/C25H25ClN2O3/c1-2-3-16-30-24-7-5-4-6-21(24)17-27-28-25(29)20-10-14-23(15-11-20)31-18-19-8-12-22(26)13-9-19/h4-15,17H,2-3,16,18H2,1H3,(H,28,29). The largest absolute Gasteiger partial charge is 0.493 e. The van der Waals surface area contributed by atoms with Crippen molar-refractivity contribution < 1.29 is 14.3 Å². The third kappa shape index (κ3) is 7.15. The van der Waals surface area contributed by atoms with Crippen LogP contribution in [0.15, 0.2) is 77.9 Å². The summed E-state index contributed by atoms with van der Waals surface area (Å²) in [6, 6.07) is 22.0. The lowest BCUT2D eigenvalue weighted by atomic mass is 10.2. The molecule has 0 radical (unpaired) electrons. The zero-order chi connectivity index (χ0) is 21.9. The summed E-state index contributed by atoms with van der Waals surface area (Å²) in [7, 11) is 0. The topological polar surface area (TPSA) is 59.9 Å². The Morgan fingerprint density at radius 2 is 1.74 bits per heavy atom. The van der Waals surface area contributed by atoms with Gasteiger partial charge in [-0.05, 0) is 60.5 Å². The molecule has 0 bridgehead atoms. The van der Waals surface area contributed by atoms with Crippen LogP contribution < -0.4 is 14.9 Å². The van der Waals surface area contributed by atoms with E-state index in [0.717, 1.165) is 29.7 Å². The Morgan fingerprint density at radius 1 is 1.00 bits per heavy atom. The maximum absolute atomic E-state index is 12.3. The van der Waals surface area contributed by atoms with Crippen LogP contribution in [-0.4, -0.2) is 18.7 Å². The second-order valence-corrected chi connectivity index (χ2v) is 7.31. The van der Waals surface area contributed by atoms with Crippen LogP contribution in [0.3, 0.4) is 0 Å². The van der Waals surface area contributed by atoms with Crippen LogP contribution in [0.2, 0.25) is 5.02 Å². The van der Waals surface area contributed by atoms with Crippen molar-refractivity contribution >= 4 is 23.7 Å². The highest BCUT2D eigenvalue weighted by atomic mass is 35.5. The Labute approximate surface area is 187 Å². The first-order valence-corrected chi connectivity index (χ1v) is 10.6. The number of rotatable bonds is 10. The molecule has 3 rings (SSSR count). The molecule has 5 nitrogen and oxygen atoms in total. The lowest BCUT2D eigenvalue weighted by Gasteiger charge is -2.08. The summed E-state index contributed by atoms with van der Waals surface area (Å²) in [5.41, 5.74) is 4.86. The minimum Gasteiger partial charge on any atom is -0.493 e. The number of nitrogens with zero attached hydrogens (tertiary/aromatic N) is 1. The van der Waals surface area contributed by atoms with Crippen LogP contribution in [0.1, 0.15) is 41.3 Å². The number of halogens is 1. The molecule has 3 aromatic carbocycles. The lowest BCUT2D eigenvalue weighted by molar-refractivity contribution is 0.0955. The fourth-order valence-electron chi connectivity index (χ4n) is 2.72. The zero-order valence-electron chi connectivity index (χ0n) is 17.4. The molecule has 0 saturated heterocycles.